The molecule has 2 amide bonds. The largest absolute Gasteiger partial charge is 0.476 e. The molecular formula is C12H18N4O3. The van der Waals surface area contributed by atoms with Crippen LogP contribution in [-0.2, 0) is 13.0 Å². The Hall–Kier alpha value is -2.05. The van der Waals surface area contributed by atoms with Crippen LogP contribution in [0.5, 0.6) is 0 Å². The van der Waals surface area contributed by atoms with E-state index < -0.39 is 5.97 Å². The van der Waals surface area contributed by atoms with Crippen LogP contribution in [0.1, 0.15) is 35.6 Å². The summed E-state index contributed by atoms with van der Waals surface area (Å²) in [5.41, 5.74) is 1.47. The quantitative estimate of drug-likeness (QED) is 0.851. The van der Waals surface area contributed by atoms with Crippen LogP contribution in [0.3, 0.4) is 0 Å². The van der Waals surface area contributed by atoms with E-state index in [2.05, 4.69) is 10.2 Å². The van der Waals surface area contributed by atoms with Gasteiger partial charge in [-0.3, -0.25) is 5.10 Å². The number of urea groups is 1. The van der Waals surface area contributed by atoms with Crippen molar-refractivity contribution in [1.29, 1.82) is 0 Å². The predicted molar refractivity (Wildman–Crippen MR) is 68.0 cm³/mol. The Morgan fingerprint density at radius 2 is 2.11 bits per heavy atom. The second-order valence-corrected chi connectivity index (χ2v) is 4.46. The molecule has 2 heterocycles. The average Bonchev–Trinajstić information content (AvgIpc) is 2.82. The summed E-state index contributed by atoms with van der Waals surface area (Å²) in [6.45, 7) is 6.05. The predicted octanol–water partition coefficient (Wildman–Crippen LogP) is 0.928. The van der Waals surface area contributed by atoms with Crippen LogP contribution < -0.4 is 0 Å². The Bertz CT molecular complexity index is 493. The van der Waals surface area contributed by atoms with Crippen LogP contribution in [0.25, 0.3) is 0 Å². The van der Waals surface area contributed by atoms with Gasteiger partial charge in [0.05, 0.1) is 6.54 Å². The minimum absolute atomic E-state index is 0.0204. The Labute approximate surface area is 111 Å². The second kappa shape index (κ2) is 5.29. The van der Waals surface area contributed by atoms with Crippen molar-refractivity contribution in [3.8, 4) is 0 Å². The molecule has 0 unspecified atom stereocenters. The van der Waals surface area contributed by atoms with Gasteiger partial charge in [0.1, 0.15) is 0 Å². The van der Waals surface area contributed by atoms with E-state index >= 15 is 0 Å². The van der Waals surface area contributed by atoms with Gasteiger partial charge in [0.15, 0.2) is 5.69 Å². The van der Waals surface area contributed by atoms with Crippen molar-refractivity contribution in [3.05, 3.63) is 17.0 Å². The molecule has 0 radical (unpaired) electrons. The van der Waals surface area contributed by atoms with Crippen LogP contribution in [0, 0.1) is 0 Å². The highest BCUT2D eigenvalue weighted by Gasteiger charge is 2.29. The number of hydrogen-bond acceptors (Lipinski definition) is 3. The lowest BCUT2D eigenvalue weighted by Crippen LogP contribution is -2.45. The van der Waals surface area contributed by atoms with Gasteiger partial charge in [-0.15, -0.1) is 0 Å². The molecule has 7 nitrogen and oxygen atoms in total. The number of carbonyl (C=O) groups excluding carboxylic acids is 1. The van der Waals surface area contributed by atoms with Gasteiger partial charge >= 0.3 is 12.0 Å². The summed E-state index contributed by atoms with van der Waals surface area (Å²) in [5.74, 6) is -1.06. The van der Waals surface area contributed by atoms with E-state index in [1.807, 2.05) is 13.8 Å². The molecule has 0 atom stereocenters. The summed E-state index contributed by atoms with van der Waals surface area (Å²) < 4.78 is 0. The lowest BCUT2D eigenvalue weighted by molar-refractivity contribution is 0.0687. The van der Waals surface area contributed by atoms with Crippen LogP contribution in [0.15, 0.2) is 0 Å². The molecule has 0 bridgehead atoms. The van der Waals surface area contributed by atoms with E-state index in [-0.39, 0.29) is 11.7 Å². The zero-order valence-electron chi connectivity index (χ0n) is 11.1. The number of aromatic carboxylic acids is 1. The molecule has 1 aromatic rings. The van der Waals surface area contributed by atoms with Crippen molar-refractivity contribution in [2.75, 3.05) is 19.6 Å². The van der Waals surface area contributed by atoms with Crippen LogP contribution in [0.4, 0.5) is 4.79 Å². The number of H-pyrrole nitrogens is 1. The topological polar surface area (TPSA) is 89.5 Å². The number of aromatic amines is 1. The molecule has 0 aromatic carbocycles. The van der Waals surface area contributed by atoms with E-state index in [1.54, 1.807) is 9.80 Å². The van der Waals surface area contributed by atoms with Gasteiger partial charge in [0.2, 0.25) is 0 Å². The first kappa shape index (κ1) is 13.4. The molecule has 7 heteroatoms. The smallest absolute Gasteiger partial charge is 0.356 e. The van der Waals surface area contributed by atoms with E-state index in [9.17, 15) is 9.59 Å². The molecule has 1 aliphatic heterocycles. The zero-order valence-corrected chi connectivity index (χ0v) is 11.1. The normalized spacial score (nSPS) is 14.1. The molecule has 0 saturated carbocycles. The lowest BCUT2D eigenvalue weighted by atomic mass is 10.1. The number of hydrogen-bond donors (Lipinski definition) is 2. The number of amides is 2. The Morgan fingerprint density at radius 1 is 1.42 bits per heavy atom. The number of fused-ring (bicyclic) bond motifs is 1. The summed E-state index contributed by atoms with van der Waals surface area (Å²) >= 11 is 0. The zero-order chi connectivity index (χ0) is 14.0. The number of aromatic nitrogens is 2. The van der Waals surface area contributed by atoms with E-state index in [4.69, 9.17) is 5.11 Å². The summed E-state index contributed by atoms with van der Waals surface area (Å²) in [4.78, 5) is 26.7. The highest BCUT2D eigenvalue weighted by atomic mass is 16.4. The summed E-state index contributed by atoms with van der Waals surface area (Å²) in [6, 6.07) is -0.0480. The maximum absolute atomic E-state index is 12.2. The fourth-order valence-corrected chi connectivity index (χ4v) is 2.33. The SMILES string of the molecule is CCN(CC)C(=O)N1CCc2[nH]nc(C(=O)O)c2C1. The third-order valence-corrected chi connectivity index (χ3v) is 3.44. The molecule has 0 spiro atoms. The Balaban J connectivity index is 2.19. The van der Waals surface area contributed by atoms with Gasteiger partial charge in [-0.1, -0.05) is 0 Å². The summed E-state index contributed by atoms with van der Waals surface area (Å²) in [7, 11) is 0. The molecule has 1 aromatic heterocycles. The number of nitrogens with zero attached hydrogens (tertiary/aromatic N) is 3. The van der Waals surface area contributed by atoms with Crippen molar-refractivity contribution in [3.63, 3.8) is 0 Å². The van der Waals surface area contributed by atoms with Gasteiger partial charge in [-0.2, -0.15) is 5.10 Å². The number of carboxylic acids is 1. The number of carbonyl (C=O) groups is 2. The van der Waals surface area contributed by atoms with Crippen molar-refractivity contribution in [1.82, 2.24) is 20.0 Å². The molecule has 2 N–H and O–H groups in total. The molecule has 2 rings (SSSR count). The van der Waals surface area contributed by atoms with Crippen LogP contribution in [0.2, 0.25) is 0 Å². The van der Waals surface area contributed by atoms with E-state index in [0.717, 1.165) is 5.69 Å². The molecule has 19 heavy (non-hydrogen) atoms. The Kier molecular flexibility index (Phi) is 3.73. The third kappa shape index (κ3) is 2.40. The monoisotopic (exact) mass is 266 g/mol. The molecule has 104 valence electrons. The van der Waals surface area contributed by atoms with Crippen LogP contribution in [-0.4, -0.2) is 56.7 Å². The minimum Gasteiger partial charge on any atom is -0.476 e. The number of rotatable bonds is 3. The van der Waals surface area contributed by atoms with Crippen molar-refractivity contribution in [2.45, 2.75) is 26.8 Å². The lowest BCUT2D eigenvalue weighted by Gasteiger charge is -2.31. The highest BCUT2D eigenvalue weighted by molar-refractivity contribution is 5.87. The van der Waals surface area contributed by atoms with E-state index in [1.165, 1.54) is 0 Å². The van der Waals surface area contributed by atoms with E-state index in [0.29, 0.717) is 38.2 Å². The maximum atomic E-state index is 12.2. The maximum Gasteiger partial charge on any atom is 0.356 e. The van der Waals surface area contributed by atoms with Gasteiger partial charge in [-0.05, 0) is 13.8 Å². The van der Waals surface area contributed by atoms with Crippen molar-refractivity contribution >= 4 is 12.0 Å². The summed E-state index contributed by atoms with van der Waals surface area (Å²) in [6.07, 6.45) is 0.614. The van der Waals surface area contributed by atoms with Crippen molar-refractivity contribution in [2.24, 2.45) is 0 Å². The first-order chi connectivity index (χ1) is 9.08. The molecule has 0 saturated heterocycles. The van der Waals surface area contributed by atoms with Gasteiger partial charge < -0.3 is 14.9 Å². The highest BCUT2D eigenvalue weighted by Crippen LogP contribution is 2.21. The molecule has 1 aliphatic rings. The fraction of sp³-hybridized carbons (Fsp3) is 0.583. The molecular weight excluding hydrogens is 248 g/mol. The third-order valence-electron chi connectivity index (χ3n) is 3.44. The number of carboxylic acid groups (broad SMARTS) is 1. The fourth-order valence-electron chi connectivity index (χ4n) is 2.33. The standard InChI is InChI=1S/C12H18N4O3/c1-3-15(4-2)12(19)16-6-5-9-8(7-16)10(11(17)18)14-13-9/h3-7H2,1-2H3,(H,13,14)(H,17,18). The van der Waals surface area contributed by atoms with Gasteiger partial charge in [0, 0.05) is 37.3 Å². The molecule has 0 aliphatic carbocycles. The summed E-state index contributed by atoms with van der Waals surface area (Å²) in [5, 5.41) is 15.6. The molecule has 0 fully saturated rings. The van der Waals surface area contributed by atoms with Crippen molar-refractivity contribution < 1.29 is 14.7 Å². The average molecular weight is 266 g/mol. The minimum atomic E-state index is -1.06. The van der Waals surface area contributed by atoms with Gasteiger partial charge in [0.25, 0.3) is 0 Å². The van der Waals surface area contributed by atoms with Crippen LogP contribution >= 0.6 is 0 Å². The number of nitrogens with one attached hydrogen (secondary N) is 1. The Morgan fingerprint density at radius 3 is 2.68 bits per heavy atom. The first-order valence-electron chi connectivity index (χ1n) is 6.41. The first-order valence-corrected chi connectivity index (χ1v) is 6.41. The van der Waals surface area contributed by atoms with Gasteiger partial charge in [-0.25, -0.2) is 9.59 Å². The second-order valence-electron chi connectivity index (χ2n) is 4.46.